The summed E-state index contributed by atoms with van der Waals surface area (Å²) in [6, 6.07) is 18.8. The van der Waals surface area contributed by atoms with Gasteiger partial charge in [-0.3, -0.25) is 14.0 Å². The number of carbonyl (C=O) groups is 1. The first-order valence-electron chi connectivity index (χ1n) is 9.53. The van der Waals surface area contributed by atoms with Crippen LogP contribution in [0.4, 0.5) is 5.69 Å². The minimum Gasteiger partial charge on any atom is -0.338 e. The third-order valence-corrected chi connectivity index (χ3v) is 6.26. The zero-order chi connectivity index (χ0) is 21.3. The number of nitrogens with one attached hydrogen (secondary N) is 2. The zero-order valence-electron chi connectivity index (χ0n) is 16.6. The molecule has 0 radical (unpaired) electrons. The van der Waals surface area contributed by atoms with Crippen molar-refractivity contribution in [3.63, 3.8) is 0 Å². The van der Waals surface area contributed by atoms with E-state index in [2.05, 4.69) is 16.4 Å². The van der Waals surface area contributed by atoms with Crippen molar-refractivity contribution >= 4 is 40.0 Å². The first-order valence-corrected chi connectivity index (χ1v) is 10.6. The number of rotatable bonds is 5. The molecule has 0 bridgehead atoms. The molecule has 0 fully saturated rings. The number of aromatic nitrogens is 2. The number of hydrogen-bond donors (Lipinski definition) is 2. The standard InChI is InChI=1S/C23H20N4O2S/c1-14-7-3-4-8-18(14)26-23(29)15(2)30-13-16-11-21(28)27-20-10-6-5-9-19(20)25-22(27)17(16)12-24/h3-11,15,25H,13H2,1-2H3,(H,26,29)/t15-/m1/s1. The quantitative estimate of drug-likeness (QED) is 0.510. The van der Waals surface area contributed by atoms with E-state index in [0.29, 0.717) is 22.5 Å². The number of nitriles is 1. The first kappa shape index (κ1) is 19.8. The third kappa shape index (κ3) is 3.58. The number of pyridine rings is 1. The van der Waals surface area contributed by atoms with Crippen molar-refractivity contribution in [2.45, 2.75) is 24.9 Å². The Morgan fingerprint density at radius 3 is 2.73 bits per heavy atom. The number of para-hydroxylation sites is 3. The molecule has 2 aromatic carbocycles. The van der Waals surface area contributed by atoms with Gasteiger partial charge in [-0.25, -0.2) is 0 Å². The second-order valence-corrected chi connectivity index (χ2v) is 8.41. The maximum atomic E-state index is 12.7. The number of amides is 1. The van der Waals surface area contributed by atoms with Crippen molar-refractivity contribution in [1.82, 2.24) is 9.38 Å². The Balaban J connectivity index is 1.59. The van der Waals surface area contributed by atoms with Crippen LogP contribution in [-0.2, 0) is 10.5 Å². The number of thioether (sulfide) groups is 1. The number of aromatic amines is 1. The summed E-state index contributed by atoms with van der Waals surface area (Å²) in [6.07, 6.45) is 0. The van der Waals surface area contributed by atoms with Crippen LogP contribution in [0.15, 0.2) is 59.4 Å². The van der Waals surface area contributed by atoms with E-state index in [9.17, 15) is 14.9 Å². The Hall–Kier alpha value is -3.50. The minimum absolute atomic E-state index is 0.115. The lowest BCUT2D eigenvalue weighted by molar-refractivity contribution is -0.115. The first-order chi connectivity index (χ1) is 14.5. The number of nitrogens with zero attached hydrogens (tertiary/aromatic N) is 2. The minimum atomic E-state index is -0.350. The Bertz CT molecular complexity index is 1360. The van der Waals surface area contributed by atoms with Crippen molar-refractivity contribution in [2.24, 2.45) is 0 Å². The molecule has 4 rings (SSSR count). The Morgan fingerprint density at radius 1 is 1.23 bits per heavy atom. The Morgan fingerprint density at radius 2 is 1.97 bits per heavy atom. The molecule has 150 valence electrons. The summed E-state index contributed by atoms with van der Waals surface area (Å²) in [5, 5.41) is 12.3. The van der Waals surface area contributed by atoms with E-state index in [1.807, 2.05) is 62.4 Å². The third-order valence-electron chi connectivity index (χ3n) is 5.07. The van der Waals surface area contributed by atoms with Crippen LogP contribution in [0.25, 0.3) is 16.7 Å². The van der Waals surface area contributed by atoms with E-state index >= 15 is 0 Å². The van der Waals surface area contributed by atoms with Crippen LogP contribution in [0.1, 0.15) is 23.6 Å². The lowest BCUT2D eigenvalue weighted by atomic mass is 10.1. The number of anilines is 1. The number of hydrogen-bond acceptors (Lipinski definition) is 4. The average Bonchev–Trinajstić information content (AvgIpc) is 3.13. The lowest BCUT2D eigenvalue weighted by Crippen LogP contribution is -2.23. The fourth-order valence-electron chi connectivity index (χ4n) is 3.40. The normalized spacial score (nSPS) is 12.0. The predicted octanol–water partition coefficient (Wildman–Crippen LogP) is 4.22. The fraction of sp³-hybridized carbons (Fsp3) is 0.174. The highest BCUT2D eigenvalue weighted by molar-refractivity contribution is 7.99. The fourth-order valence-corrected chi connectivity index (χ4v) is 4.26. The summed E-state index contributed by atoms with van der Waals surface area (Å²) in [5.74, 6) is 0.267. The Kier molecular flexibility index (Phi) is 5.34. The molecule has 0 spiro atoms. The zero-order valence-corrected chi connectivity index (χ0v) is 17.4. The van der Waals surface area contributed by atoms with Crippen LogP contribution in [0, 0.1) is 18.3 Å². The predicted molar refractivity (Wildman–Crippen MR) is 121 cm³/mol. The molecule has 2 heterocycles. The number of fused-ring (bicyclic) bond motifs is 3. The molecule has 1 atom stereocenters. The second-order valence-electron chi connectivity index (χ2n) is 7.08. The van der Waals surface area contributed by atoms with Gasteiger partial charge in [0.15, 0.2) is 0 Å². The van der Waals surface area contributed by atoms with E-state index < -0.39 is 0 Å². The highest BCUT2D eigenvalue weighted by Gasteiger charge is 2.18. The molecule has 6 nitrogen and oxygen atoms in total. The van der Waals surface area contributed by atoms with E-state index in [0.717, 1.165) is 22.3 Å². The van der Waals surface area contributed by atoms with E-state index in [1.165, 1.54) is 22.2 Å². The van der Waals surface area contributed by atoms with Crippen LogP contribution in [0.2, 0.25) is 0 Å². The van der Waals surface area contributed by atoms with Crippen molar-refractivity contribution in [1.29, 1.82) is 5.26 Å². The van der Waals surface area contributed by atoms with Crippen molar-refractivity contribution in [3.05, 3.63) is 81.6 Å². The van der Waals surface area contributed by atoms with Gasteiger partial charge >= 0.3 is 0 Å². The highest BCUT2D eigenvalue weighted by atomic mass is 32.2. The maximum absolute atomic E-state index is 12.7. The summed E-state index contributed by atoms with van der Waals surface area (Å²) in [6.45, 7) is 3.76. The molecule has 0 aliphatic heterocycles. The molecule has 0 aliphatic carbocycles. The molecule has 0 saturated heterocycles. The average molecular weight is 417 g/mol. The van der Waals surface area contributed by atoms with Gasteiger partial charge in [-0.2, -0.15) is 5.26 Å². The van der Waals surface area contributed by atoms with Gasteiger partial charge in [-0.1, -0.05) is 30.3 Å². The monoisotopic (exact) mass is 416 g/mol. The summed E-state index contributed by atoms with van der Waals surface area (Å²) in [7, 11) is 0. The van der Waals surface area contributed by atoms with Crippen LogP contribution < -0.4 is 10.9 Å². The smallest absolute Gasteiger partial charge is 0.257 e. The summed E-state index contributed by atoms with van der Waals surface area (Å²) >= 11 is 1.39. The van der Waals surface area contributed by atoms with Gasteiger partial charge in [0.1, 0.15) is 11.7 Å². The molecule has 0 saturated carbocycles. The van der Waals surface area contributed by atoms with Gasteiger partial charge in [0.05, 0.1) is 21.8 Å². The van der Waals surface area contributed by atoms with E-state index in [4.69, 9.17) is 0 Å². The molecular formula is C23H20N4O2S. The van der Waals surface area contributed by atoms with Crippen LogP contribution >= 0.6 is 11.8 Å². The van der Waals surface area contributed by atoms with Crippen molar-refractivity contribution < 1.29 is 4.79 Å². The summed E-state index contributed by atoms with van der Waals surface area (Å²) in [4.78, 5) is 28.5. The van der Waals surface area contributed by atoms with Gasteiger partial charge in [0.2, 0.25) is 5.91 Å². The molecular weight excluding hydrogens is 396 g/mol. The topological polar surface area (TPSA) is 90.2 Å². The molecule has 7 heteroatoms. The number of benzene rings is 2. The van der Waals surface area contributed by atoms with Crippen molar-refractivity contribution in [2.75, 3.05) is 5.32 Å². The molecule has 30 heavy (non-hydrogen) atoms. The van der Waals surface area contributed by atoms with E-state index in [1.54, 1.807) is 0 Å². The van der Waals surface area contributed by atoms with Crippen LogP contribution in [0.5, 0.6) is 0 Å². The number of H-pyrrole nitrogens is 1. The lowest BCUT2D eigenvalue weighted by Gasteiger charge is -2.14. The molecule has 2 aromatic heterocycles. The molecule has 0 aliphatic rings. The van der Waals surface area contributed by atoms with Gasteiger partial charge in [0, 0.05) is 17.5 Å². The maximum Gasteiger partial charge on any atom is 0.257 e. The van der Waals surface area contributed by atoms with Crippen LogP contribution in [-0.4, -0.2) is 20.5 Å². The van der Waals surface area contributed by atoms with Crippen molar-refractivity contribution in [3.8, 4) is 6.07 Å². The number of imidazole rings is 1. The van der Waals surface area contributed by atoms with Gasteiger partial charge in [-0.15, -0.1) is 11.8 Å². The number of aryl methyl sites for hydroxylation is 1. The van der Waals surface area contributed by atoms with E-state index in [-0.39, 0.29) is 16.7 Å². The SMILES string of the molecule is Cc1ccccc1NC(=O)[C@@H](C)SCc1cc(=O)n2c([nH]c3ccccc32)c1C#N. The molecule has 2 N–H and O–H groups in total. The van der Waals surface area contributed by atoms with Gasteiger partial charge in [0.25, 0.3) is 5.56 Å². The molecule has 0 unspecified atom stereocenters. The van der Waals surface area contributed by atoms with Gasteiger partial charge < -0.3 is 10.3 Å². The largest absolute Gasteiger partial charge is 0.338 e. The summed E-state index contributed by atoms with van der Waals surface area (Å²) in [5.41, 5.74) is 4.63. The molecule has 1 amide bonds. The van der Waals surface area contributed by atoms with Crippen LogP contribution in [0.3, 0.4) is 0 Å². The second kappa shape index (κ2) is 8.09. The highest BCUT2D eigenvalue weighted by Crippen LogP contribution is 2.25. The van der Waals surface area contributed by atoms with Gasteiger partial charge in [-0.05, 0) is 43.2 Å². The Labute approximate surface area is 177 Å². The summed E-state index contributed by atoms with van der Waals surface area (Å²) < 4.78 is 1.52. The molecule has 4 aromatic rings. The number of carbonyl (C=O) groups excluding carboxylic acids is 1.